The molecule has 2 aromatic rings. The zero-order chi connectivity index (χ0) is 31.7. The highest BCUT2D eigenvalue weighted by Gasteiger charge is 2.36. The van der Waals surface area contributed by atoms with Gasteiger partial charge >= 0.3 is 6.09 Å². The summed E-state index contributed by atoms with van der Waals surface area (Å²) in [6.45, 7) is 5.51. The Hall–Kier alpha value is -3.14. The second-order valence-electron chi connectivity index (χ2n) is 13.4. The van der Waals surface area contributed by atoms with E-state index < -0.39 is 41.9 Å². The average Bonchev–Trinajstić information content (AvgIpc) is 3.30. The molecule has 2 aliphatic rings. The maximum atomic E-state index is 13.9. The quantitative estimate of drug-likeness (QED) is 0.223. The van der Waals surface area contributed by atoms with Crippen LogP contribution in [-0.2, 0) is 22.4 Å². The Morgan fingerprint density at radius 3 is 2.41 bits per heavy atom. The van der Waals surface area contributed by atoms with Crippen molar-refractivity contribution in [1.82, 2.24) is 10.6 Å². The Balaban J connectivity index is 1.53. The number of hydrogen-bond acceptors (Lipinski definition) is 7. The first kappa shape index (κ1) is 33.7. The van der Waals surface area contributed by atoms with Crippen LogP contribution >= 0.6 is 0 Å². The fourth-order valence-corrected chi connectivity index (χ4v) is 6.48. The summed E-state index contributed by atoms with van der Waals surface area (Å²) in [5.74, 6) is 0.0911. The van der Waals surface area contributed by atoms with Gasteiger partial charge in [0.05, 0.1) is 30.9 Å². The second kappa shape index (κ2) is 15.7. The molecule has 1 saturated carbocycles. The number of hydrogen-bond donors (Lipinski definition) is 5. The van der Waals surface area contributed by atoms with Gasteiger partial charge in [-0.15, -0.1) is 0 Å². The van der Waals surface area contributed by atoms with Crippen molar-refractivity contribution < 1.29 is 34.4 Å². The molecule has 44 heavy (non-hydrogen) atoms. The van der Waals surface area contributed by atoms with Crippen LogP contribution in [0.5, 0.6) is 5.75 Å². The fourth-order valence-electron chi connectivity index (χ4n) is 6.48. The van der Waals surface area contributed by atoms with E-state index in [-0.39, 0.29) is 25.5 Å². The van der Waals surface area contributed by atoms with Crippen LogP contribution in [0.2, 0.25) is 0 Å². The molecule has 0 unspecified atom stereocenters. The average molecular weight is 611 g/mol. The summed E-state index contributed by atoms with van der Waals surface area (Å²) in [6, 6.07) is 13.9. The number of amides is 2. The highest BCUT2D eigenvalue weighted by molar-refractivity contribution is 5.80. The van der Waals surface area contributed by atoms with Gasteiger partial charge in [0.2, 0.25) is 5.91 Å². The first-order valence-electron chi connectivity index (χ1n) is 16.1. The molecular formula is C35H50N2O7. The van der Waals surface area contributed by atoms with Crippen LogP contribution in [0.3, 0.4) is 0 Å². The fraction of sp³-hybridized carbons (Fsp3) is 0.600. The van der Waals surface area contributed by atoms with Gasteiger partial charge in [-0.3, -0.25) is 4.79 Å². The maximum absolute atomic E-state index is 13.9. The SMILES string of the molecule is CC(C)(C)OC(=O)N[C@H](CC1CCCCC1)[C@@H](O)C[C@@H](Cc1ccc(OCCO)cc1)C(=O)N[C@H]1c2ccccc2C[C@H]1O. The van der Waals surface area contributed by atoms with Crippen molar-refractivity contribution in [2.75, 3.05) is 13.2 Å². The van der Waals surface area contributed by atoms with E-state index in [4.69, 9.17) is 14.6 Å². The molecule has 0 spiro atoms. The number of ether oxygens (including phenoxy) is 2. The third-order valence-corrected chi connectivity index (χ3v) is 8.64. The normalized spacial score (nSPS) is 20.7. The molecule has 2 amide bonds. The third-order valence-electron chi connectivity index (χ3n) is 8.64. The van der Waals surface area contributed by atoms with Crippen molar-refractivity contribution >= 4 is 12.0 Å². The molecule has 2 aromatic carbocycles. The predicted octanol–water partition coefficient (Wildman–Crippen LogP) is 4.61. The van der Waals surface area contributed by atoms with E-state index in [9.17, 15) is 19.8 Å². The Morgan fingerprint density at radius 2 is 1.73 bits per heavy atom. The van der Waals surface area contributed by atoms with Gasteiger partial charge < -0.3 is 35.4 Å². The van der Waals surface area contributed by atoms with Crippen molar-refractivity contribution in [3.8, 4) is 5.75 Å². The predicted molar refractivity (Wildman–Crippen MR) is 168 cm³/mol. The first-order valence-corrected chi connectivity index (χ1v) is 16.1. The minimum atomic E-state index is -0.992. The molecule has 0 heterocycles. The largest absolute Gasteiger partial charge is 0.491 e. The molecule has 0 saturated heterocycles. The van der Waals surface area contributed by atoms with Crippen molar-refractivity contribution in [2.45, 2.75) is 108 Å². The number of carbonyl (C=O) groups excluding carboxylic acids is 2. The zero-order valence-electron chi connectivity index (χ0n) is 26.3. The van der Waals surface area contributed by atoms with E-state index in [0.717, 1.165) is 42.4 Å². The summed E-state index contributed by atoms with van der Waals surface area (Å²) in [4.78, 5) is 26.8. The van der Waals surface area contributed by atoms with E-state index in [0.29, 0.717) is 30.9 Å². The van der Waals surface area contributed by atoms with Crippen LogP contribution in [0.25, 0.3) is 0 Å². The molecular weight excluding hydrogens is 560 g/mol. The summed E-state index contributed by atoms with van der Waals surface area (Å²) in [7, 11) is 0. The topological polar surface area (TPSA) is 137 Å². The summed E-state index contributed by atoms with van der Waals surface area (Å²) in [6.07, 6.45) is 4.79. The molecule has 0 aliphatic heterocycles. The summed E-state index contributed by atoms with van der Waals surface area (Å²) in [5.41, 5.74) is 2.11. The van der Waals surface area contributed by atoms with Gasteiger partial charge in [-0.2, -0.15) is 0 Å². The van der Waals surface area contributed by atoms with E-state index in [1.165, 1.54) is 6.42 Å². The number of benzene rings is 2. The minimum absolute atomic E-state index is 0.0859. The zero-order valence-corrected chi connectivity index (χ0v) is 26.3. The Morgan fingerprint density at radius 1 is 1.02 bits per heavy atom. The molecule has 0 aromatic heterocycles. The lowest BCUT2D eigenvalue weighted by Crippen LogP contribution is -2.48. The molecule has 5 atom stereocenters. The summed E-state index contributed by atoms with van der Waals surface area (Å²) < 4.78 is 11.0. The highest BCUT2D eigenvalue weighted by Crippen LogP contribution is 2.33. The van der Waals surface area contributed by atoms with Gasteiger partial charge in [-0.25, -0.2) is 4.79 Å². The van der Waals surface area contributed by atoms with Gasteiger partial charge in [0.15, 0.2) is 0 Å². The Bertz CT molecular complexity index is 1210. The number of rotatable bonds is 13. The van der Waals surface area contributed by atoms with Crippen LogP contribution in [0.4, 0.5) is 4.79 Å². The molecule has 4 rings (SSSR count). The van der Waals surface area contributed by atoms with E-state index in [1.54, 1.807) is 32.9 Å². The number of alkyl carbamates (subject to hydrolysis) is 1. The molecule has 1 fully saturated rings. The molecule has 9 nitrogen and oxygen atoms in total. The van der Waals surface area contributed by atoms with Crippen molar-refractivity contribution in [3.63, 3.8) is 0 Å². The van der Waals surface area contributed by atoms with E-state index in [1.807, 2.05) is 36.4 Å². The van der Waals surface area contributed by atoms with Gasteiger partial charge in [-0.1, -0.05) is 68.5 Å². The molecule has 2 aliphatic carbocycles. The molecule has 5 N–H and O–H groups in total. The van der Waals surface area contributed by atoms with Gasteiger partial charge in [-0.05, 0) is 74.8 Å². The van der Waals surface area contributed by atoms with E-state index >= 15 is 0 Å². The van der Waals surface area contributed by atoms with Crippen LogP contribution < -0.4 is 15.4 Å². The molecule has 9 heteroatoms. The van der Waals surface area contributed by atoms with Gasteiger partial charge in [0.1, 0.15) is 18.0 Å². The third kappa shape index (κ3) is 9.94. The Labute approximate surface area is 261 Å². The van der Waals surface area contributed by atoms with Gasteiger partial charge in [0.25, 0.3) is 0 Å². The van der Waals surface area contributed by atoms with Crippen LogP contribution in [-0.4, -0.2) is 64.4 Å². The summed E-state index contributed by atoms with van der Waals surface area (Å²) >= 11 is 0. The highest BCUT2D eigenvalue weighted by atomic mass is 16.6. The van der Waals surface area contributed by atoms with Crippen molar-refractivity contribution in [2.24, 2.45) is 11.8 Å². The maximum Gasteiger partial charge on any atom is 0.407 e. The van der Waals surface area contributed by atoms with E-state index in [2.05, 4.69) is 10.6 Å². The standard InChI is InChI=1S/C35H50N2O7/c1-35(2,3)44-34(42)36-29(20-23-9-5-4-6-10-23)30(39)22-26(19-24-13-15-27(16-14-24)43-18-17-38)33(41)37-32-28-12-8-7-11-25(28)21-31(32)40/h7-8,11-16,23,26,29-32,38-40H,4-6,9-10,17-22H2,1-3H3,(H,36,42)(H,37,41)/t26-,29-,30+,31-,32+/m1/s1. The van der Waals surface area contributed by atoms with Crippen molar-refractivity contribution in [3.05, 3.63) is 65.2 Å². The van der Waals surface area contributed by atoms with Crippen LogP contribution in [0.15, 0.2) is 48.5 Å². The first-order chi connectivity index (χ1) is 21.0. The number of nitrogens with one attached hydrogen (secondary N) is 2. The minimum Gasteiger partial charge on any atom is -0.491 e. The molecule has 242 valence electrons. The Kier molecular flexibility index (Phi) is 12.1. The van der Waals surface area contributed by atoms with Crippen LogP contribution in [0, 0.1) is 11.8 Å². The molecule has 0 radical (unpaired) electrons. The molecule has 0 bridgehead atoms. The number of aliphatic hydroxyl groups excluding tert-OH is 3. The smallest absolute Gasteiger partial charge is 0.407 e. The van der Waals surface area contributed by atoms with Crippen molar-refractivity contribution in [1.29, 1.82) is 0 Å². The lowest BCUT2D eigenvalue weighted by molar-refractivity contribution is -0.127. The lowest BCUT2D eigenvalue weighted by Gasteiger charge is -2.32. The number of fused-ring (bicyclic) bond motifs is 1. The van der Waals surface area contributed by atoms with Gasteiger partial charge in [0, 0.05) is 12.3 Å². The van der Waals surface area contributed by atoms with Crippen LogP contribution in [0.1, 0.15) is 88.4 Å². The second-order valence-corrected chi connectivity index (χ2v) is 13.4. The monoisotopic (exact) mass is 610 g/mol. The number of carbonyl (C=O) groups is 2. The summed E-state index contributed by atoms with van der Waals surface area (Å²) in [5, 5.41) is 37.5. The lowest BCUT2D eigenvalue weighted by atomic mass is 9.82. The number of aliphatic hydroxyl groups is 3.